The first-order chi connectivity index (χ1) is 10.5. The van der Waals surface area contributed by atoms with E-state index in [1.54, 1.807) is 11.6 Å². The molecule has 2 aromatic heterocycles. The summed E-state index contributed by atoms with van der Waals surface area (Å²) in [5.41, 5.74) is 1.63. The van der Waals surface area contributed by atoms with Gasteiger partial charge in [0.05, 0.1) is 5.56 Å². The lowest BCUT2D eigenvalue weighted by Gasteiger charge is -1.99. The Morgan fingerprint density at radius 1 is 1.27 bits per heavy atom. The molecular weight excluding hydrogens is 434 g/mol. The number of fused-ring (bicyclic) bond motifs is 1. The molecule has 0 fully saturated rings. The van der Waals surface area contributed by atoms with Crippen LogP contribution in [-0.2, 0) is 0 Å². The van der Waals surface area contributed by atoms with E-state index in [2.05, 4.69) is 47.1 Å². The summed E-state index contributed by atoms with van der Waals surface area (Å²) in [5, 5.41) is 5.16. The number of halogens is 2. The van der Waals surface area contributed by atoms with Crippen LogP contribution in [0.1, 0.15) is 25.9 Å². The van der Waals surface area contributed by atoms with Crippen molar-refractivity contribution in [1.82, 2.24) is 15.3 Å². The molecule has 1 aromatic carbocycles. The normalized spacial score (nSPS) is 10.9. The second-order valence-electron chi connectivity index (χ2n) is 4.46. The average molecular weight is 443 g/mol. The Hall–Kier alpha value is -1.51. The Morgan fingerprint density at radius 3 is 2.73 bits per heavy atom. The third-order valence-electron chi connectivity index (χ3n) is 3.13. The first kappa shape index (κ1) is 15.4. The molecule has 0 aliphatic rings. The molecule has 0 aliphatic carbocycles. The number of hydrogen-bond acceptors (Lipinski definition) is 4. The van der Waals surface area contributed by atoms with Gasteiger partial charge < -0.3 is 10.3 Å². The molecule has 0 radical (unpaired) electrons. The fourth-order valence-corrected chi connectivity index (χ4v) is 3.47. The molecule has 0 spiro atoms. The van der Waals surface area contributed by atoms with Crippen molar-refractivity contribution in [2.45, 2.75) is 0 Å². The second kappa shape index (κ2) is 5.94. The van der Waals surface area contributed by atoms with Gasteiger partial charge in [-0.1, -0.05) is 0 Å². The molecule has 2 heterocycles. The van der Waals surface area contributed by atoms with Gasteiger partial charge in [-0.2, -0.15) is 0 Å². The second-order valence-corrected chi connectivity index (χ2v) is 7.03. The van der Waals surface area contributed by atoms with E-state index in [9.17, 15) is 9.59 Å². The van der Waals surface area contributed by atoms with Crippen molar-refractivity contribution in [2.24, 2.45) is 0 Å². The van der Waals surface area contributed by atoms with Crippen LogP contribution >= 0.6 is 43.2 Å². The molecule has 8 heteroatoms. The van der Waals surface area contributed by atoms with E-state index in [4.69, 9.17) is 0 Å². The lowest BCUT2D eigenvalue weighted by molar-refractivity contribution is 0.0959. The maximum Gasteiger partial charge on any atom is 0.270 e. The number of carbonyl (C=O) groups is 2. The van der Waals surface area contributed by atoms with Gasteiger partial charge in [-0.15, -0.1) is 11.3 Å². The highest BCUT2D eigenvalue weighted by molar-refractivity contribution is 9.13. The van der Waals surface area contributed by atoms with Crippen LogP contribution in [-0.4, -0.2) is 28.7 Å². The van der Waals surface area contributed by atoms with Gasteiger partial charge in [-0.25, -0.2) is 4.98 Å². The van der Waals surface area contributed by atoms with Crippen LogP contribution in [0.3, 0.4) is 0 Å². The third kappa shape index (κ3) is 2.62. The summed E-state index contributed by atoms with van der Waals surface area (Å²) in [7, 11) is 1.53. The minimum absolute atomic E-state index is 0.208. The van der Waals surface area contributed by atoms with Crippen LogP contribution in [0.15, 0.2) is 32.7 Å². The van der Waals surface area contributed by atoms with Crippen molar-refractivity contribution in [3.63, 3.8) is 0 Å². The van der Waals surface area contributed by atoms with Gasteiger partial charge in [-0.05, 0) is 44.0 Å². The summed E-state index contributed by atoms with van der Waals surface area (Å²) in [5.74, 6) is -0.512. The Kier molecular flexibility index (Phi) is 4.16. The van der Waals surface area contributed by atoms with Crippen LogP contribution in [0.2, 0.25) is 0 Å². The Bertz CT molecular complexity index is 901. The third-order valence-corrected chi connectivity index (χ3v) is 5.81. The summed E-state index contributed by atoms with van der Waals surface area (Å²) in [6.07, 6.45) is 1.66. The predicted molar refractivity (Wildman–Crippen MR) is 92.6 cm³/mol. The number of aromatic amines is 1. The molecular formula is C14H9Br2N3O2S. The topological polar surface area (TPSA) is 74.8 Å². The Labute approximate surface area is 146 Å². The number of H-pyrrole nitrogens is 1. The summed E-state index contributed by atoms with van der Waals surface area (Å²) in [6.45, 7) is 0. The van der Waals surface area contributed by atoms with E-state index < -0.39 is 0 Å². The van der Waals surface area contributed by atoms with E-state index in [1.165, 1.54) is 7.05 Å². The van der Waals surface area contributed by atoms with Crippen molar-refractivity contribution in [3.8, 4) is 0 Å². The summed E-state index contributed by atoms with van der Waals surface area (Å²) in [6, 6.07) is 3.77. The number of nitrogens with one attached hydrogen (secondary N) is 2. The molecule has 0 saturated carbocycles. The smallest absolute Gasteiger partial charge is 0.270 e. The van der Waals surface area contributed by atoms with E-state index in [-0.39, 0.29) is 17.4 Å². The molecule has 1 amide bonds. The van der Waals surface area contributed by atoms with Crippen molar-refractivity contribution in [1.29, 1.82) is 0 Å². The number of amides is 1. The summed E-state index contributed by atoms with van der Waals surface area (Å²) >= 11 is 8.02. The Morgan fingerprint density at radius 2 is 2.00 bits per heavy atom. The molecule has 5 nitrogen and oxygen atoms in total. The van der Waals surface area contributed by atoms with Crippen LogP contribution in [0.4, 0.5) is 0 Å². The number of thiazole rings is 1. The monoisotopic (exact) mass is 441 g/mol. The highest BCUT2D eigenvalue weighted by Crippen LogP contribution is 2.31. The number of aromatic nitrogens is 2. The van der Waals surface area contributed by atoms with Crippen molar-refractivity contribution >= 4 is 65.8 Å². The molecule has 0 aliphatic heterocycles. The number of ketones is 1. The first-order valence-corrected chi connectivity index (χ1v) is 8.66. The van der Waals surface area contributed by atoms with Gasteiger partial charge in [0.25, 0.3) is 5.91 Å². The van der Waals surface area contributed by atoms with Crippen molar-refractivity contribution in [3.05, 3.63) is 48.9 Å². The van der Waals surface area contributed by atoms with Crippen LogP contribution in [0, 0.1) is 0 Å². The highest BCUT2D eigenvalue weighted by Gasteiger charge is 2.20. The van der Waals surface area contributed by atoms with Crippen LogP contribution in [0.5, 0.6) is 0 Å². The lowest BCUT2D eigenvalue weighted by atomic mass is 10.1. The fourth-order valence-electron chi connectivity index (χ4n) is 2.03. The van der Waals surface area contributed by atoms with Gasteiger partial charge in [-0.3, -0.25) is 9.59 Å². The molecule has 3 rings (SSSR count). The number of nitrogens with zero attached hydrogens (tertiary/aromatic N) is 1. The standard InChI is InChI=1S/C14H9Br2N3O2S/c1-17-13(21)11-5-22-14(19-11)12(20)7-4-18-10-3-9(16)8(15)2-6(7)10/h2-5,18H,1H3,(H,17,21). The molecule has 0 unspecified atom stereocenters. The van der Waals surface area contributed by atoms with E-state index in [0.29, 0.717) is 10.6 Å². The largest absolute Gasteiger partial charge is 0.360 e. The van der Waals surface area contributed by atoms with Crippen LogP contribution < -0.4 is 5.32 Å². The molecule has 0 bridgehead atoms. The zero-order valence-electron chi connectivity index (χ0n) is 11.2. The number of rotatable bonds is 3. The first-order valence-electron chi connectivity index (χ1n) is 6.19. The van der Waals surface area contributed by atoms with E-state index in [1.807, 2.05) is 12.1 Å². The molecule has 0 saturated heterocycles. The SMILES string of the molecule is CNC(=O)c1csc(C(=O)c2c[nH]c3cc(Br)c(Br)cc23)n1. The predicted octanol–water partition coefficient (Wildman–Crippen LogP) is 3.74. The van der Waals surface area contributed by atoms with Gasteiger partial charge in [0.2, 0.25) is 5.78 Å². The van der Waals surface area contributed by atoms with Crippen molar-refractivity contribution in [2.75, 3.05) is 7.05 Å². The Balaban J connectivity index is 2.04. The molecule has 0 atom stereocenters. The highest BCUT2D eigenvalue weighted by atomic mass is 79.9. The molecule has 3 aromatic rings. The zero-order chi connectivity index (χ0) is 15.9. The zero-order valence-corrected chi connectivity index (χ0v) is 15.2. The van der Waals surface area contributed by atoms with Crippen LogP contribution in [0.25, 0.3) is 10.9 Å². The summed E-state index contributed by atoms with van der Waals surface area (Å²) < 4.78 is 1.76. The average Bonchev–Trinajstić information content (AvgIpc) is 3.13. The van der Waals surface area contributed by atoms with Gasteiger partial charge >= 0.3 is 0 Å². The van der Waals surface area contributed by atoms with Gasteiger partial charge in [0.15, 0.2) is 5.01 Å². The number of carbonyl (C=O) groups excluding carboxylic acids is 2. The van der Waals surface area contributed by atoms with E-state index in [0.717, 1.165) is 31.2 Å². The van der Waals surface area contributed by atoms with Gasteiger partial charge in [0, 0.05) is 38.5 Å². The minimum Gasteiger partial charge on any atom is -0.360 e. The number of hydrogen-bond donors (Lipinski definition) is 2. The van der Waals surface area contributed by atoms with E-state index >= 15 is 0 Å². The fraction of sp³-hybridized carbons (Fsp3) is 0.0714. The lowest BCUT2D eigenvalue weighted by Crippen LogP contribution is -2.18. The number of benzene rings is 1. The molecule has 2 N–H and O–H groups in total. The quantitative estimate of drug-likeness (QED) is 0.606. The minimum atomic E-state index is -0.305. The molecule has 22 heavy (non-hydrogen) atoms. The van der Waals surface area contributed by atoms with Crippen molar-refractivity contribution < 1.29 is 9.59 Å². The molecule has 112 valence electrons. The maximum atomic E-state index is 12.6. The summed E-state index contributed by atoms with van der Waals surface area (Å²) in [4.78, 5) is 31.3. The van der Waals surface area contributed by atoms with Gasteiger partial charge in [0.1, 0.15) is 5.69 Å². The maximum absolute atomic E-state index is 12.6.